The molecule has 2 aromatic rings. The van der Waals surface area contributed by atoms with E-state index in [2.05, 4.69) is 5.32 Å². The van der Waals surface area contributed by atoms with Crippen molar-refractivity contribution in [2.24, 2.45) is 0 Å². The molecule has 0 aliphatic rings. The van der Waals surface area contributed by atoms with Crippen LogP contribution in [0.4, 0.5) is 5.69 Å². The number of aryl methyl sites for hydroxylation is 3. The van der Waals surface area contributed by atoms with Crippen LogP contribution in [0.15, 0.2) is 36.4 Å². The first-order valence-electron chi connectivity index (χ1n) is 7.00. The Balaban J connectivity index is 2.32. The maximum Gasteiger partial charge on any atom is 0.337 e. The Hall–Kier alpha value is -2.62. The first-order valence-corrected chi connectivity index (χ1v) is 7.00. The van der Waals surface area contributed by atoms with E-state index in [9.17, 15) is 9.59 Å². The third-order valence-electron chi connectivity index (χ3n) is 3.54. The molecule has 0 spiro atoms. The van der Waals surface area contributed by atoms with Crippen molar-refractivity contribution in [1.82, 2.24) is 0 Å². The molecule has 114 valence electrons. The Morgan fingerprint density at radius 3 is 2.32 bits per heavy atom. The van der Waals surface area contributed by atoms with Gasteiger partial charge in [0.25, 0.3) is 5.91 Å². The van der Waals surface area contributed by atoms with Crippen LogP contribution in [0.1, 0.15) is 37.4 Å². The summed E-state index contributed by atoms with van der Waals surface area (Å²) in [7, 11) is 1.33. The Labute approximate surface area is 130 Å². The second-order valence-electron chi connectivity index (χ2n) is 5.29. The first kappa shape index (κ1) is 15.8. The molecule has 2 aromatic carbocycles. The zero-order chi connectivity index (χ0) is 16.3. The molecule has 0 atom stereocenters. The van der Waals surface area contributed by atoms with Crippen LogP contribution in [0.25, 0.3) is 0 Å². The van der Waals surface area contributed by atoms with E-state index in [1.165, 1.54) is 7.11 Å². The van der Waals surface area contributed by atoms with Crippen molar-refractivity contribution >= 4 is 17.6 Å². The molecule has 22 heavy (non-hydrogen) atoms. The van der Waals surface area contributed by atoms with Crippen LogP contribution in [-0.2, 0) is 4.74 Å². The number of methoxy groups -OCH3 is 1. The summed E-state index contributed by atoms with van der Waals surface area (Å²) in [5.41, 5.74) is 4.45. The number of rotatable bonds is 3. The van der Waals surface area contributed by atoms with Gasteiger partial charge in [-0.1, -0.05) is 23.8 Å². The third kappa shape index (κ3) is 3.34. The molecule has 0 heterocycles. The van der Waals surface area contributed by atoms with E-state index in [1.54, 1.807) is 18.2 Å². The molecule has 0 aliphatic carbocycles. The van der Waals surface area contributed by atoms with E-state index in [4.69, 9.17) is 4.74 Å². The second-order valence-corrected chi connectivity index (χ2v) is 5.29. The van der Waals surface area contributed by atoms with Crippen LogP contribution in [-0.4, -0.2) is 19.0 Å². The van der Waals surface area contributed by atoms with Gasteiger partial charge in [-0.05, 0) is 50.1 Å². The predicted molar refractivity (Wildman–Crippen MR) is 86.4 cm³/mol. The Kier molecular flexibility index (Phi) is 4.61. The highest BCUT2D eigenvalue weighted by Crippen LogP contribution is 2.20. The number of carbonyl (C=O) groups excluding carboxylic acids is 2. The number of ether oxygens (including phenoxy) is 1. The lowest BCUT2D eigenvalue weighted by molar-refractivity contribution is 0.0600. The number of carbonyl (C=O) groups is 2. The molecular weight excluding hydrogens is 278 g/mol. The standard InChI is InChI=1S/C18H19NO3/c1-11-5-6-12(2)15(9-11)17(20)19-16-10-14(18(21)22-4)8-7-13(16)3/h5-10H,1-4H3,(H,19,20). The van der Waals surface area contributed by atoms with Gasteiger partial charge in [0.2, 0.25) is 0 Å². The molecular formula is C18H19NO3. The van der Waals surface area contributed by atoms with Crippen LogP contribution in [0, 0.1) is 20.8 Å². The van der Waals surface area contributed by atoms with E-state index in [0.29, 0.717) is 16.8 Å². The lowest BCUT2D eigenvalue weighted by Gasteiger charge is -2.12. The van der Waals surface area contributed by atoms with Gasteiger partial charge in [0, 0.05) is 11.3 Å². The summed E-state index contributed by atoms with van der Waals surface area (Å²) in [6, 6.07) is 10.8. The van der Waals surface area contributed by atoms with Crippen molar-refractivity contribution in [2.75, 3.05) is 12.4 Å². The van der Waals surface area contributed by atoms with Gasteiger partial charge in [-0.3, -0.25) is 4.79 Å². The molecule has 0 fully saturated rings. The van der Waals surface area contributed by atoms with Gasteiger partial charge in [-0.25, -0.2) is 4.79 Å². The number of esters is 1. The van der Waals surface area contributed by atoms with E-state index in [1.807, 2.05) is 39.0 Å². The van der Waals surface area contributed by atoms with Gasteiger partial charge in [-0.15, -0.1) is 0 Å². The van der Waals surface area contributed by atoms with Crippen molar-refractivity contribution in [1.29, 1.82) is 0 Å². The van der Waals surface area contributed by atoms with Crippen molar-refractivity contribution in [3.8, 4) is 0 Å². The monoisotopic (exact) mass is 297 g/mol. The van der Waals surface area contributed by atoms with E-state index < -0.39 is 5.97 Å². The largest absolute Gasteiger partial charge is 0.465 e. The fourth-order valence-electron chi connectivity index (χ4n) is 2.17. The minimum atomic E-state index is -0.428. The summed E-state index contributed by atoms with van der Waals surface area (Å²) in [5.74, 6) is -0.617. The van der Waals surface area contributed by atoms with Gasteiger partial charge in [0.05, 0.1) is 12.7 Å². The molecule has 1 amide bonds. The number of anilines is 1. The van der Waals surface area contributed by atoms with Gasteiger partial charge < -0.3 is 10.1 Å². The minimum absolute atomic E-state index is 0.189. The maximum absolute atomic E-state index is 12.5. The Morgan fingerprint density at radius 1 is 0.955 bits per heavy atom. The summed E-state index contributed by atoms with van der Waals surface area (Å²) < 4.78 is 4.70. The Bertz CT molecular complexity index is 735. The number of nitrogens with one attached hydrogen (secondary N) is 1. The quantitative estimate of drug-likeness (QED) is 0.880. The summed E-state index contributed by atoms with van der Waals surface area (Å²) in [6.07, 6.45) is 0. The van der Waals surface area contributed by atoms with Crippen LogP contribution < -0.4 is 5.32 Å². The third-order valence-corrected chi connectivity index (χ3v) is 3.54. The number of benzene rings is 2. The highest BCUT2D eigenvalue weighted by Gasteiger charge is 2.13. The molecule has 0 radical (unpaired) electrons. The van der Waals surface area contributed by atoms with Gasteiger partial charge in [-0.2, -0.15) is 0 Å². The van der Waals surface area contributed by atoms with Crippen molar-refractivity contribution < 1.29 is 14.3 Å². The molecule has 0 bridgehead atoms. The fraction of sp³-hybridized carbons (Fsp3) is 0.222. The van der Waals surface area contributed by atoms with Crippen LogP contribution in [0.5, 0.6) is 0 Å². The average molecular weight is 297 g/mol. The van der Waals surface area contributed by atoms with Crippen LogP contribution in [0.2, 0.25) is 0 Å². The van der Waals surface area contributed by atoms with Gasteiger partial charge >= 0.3 is 5.97 Å². The topological polar surface area (TPSA) is 55.4 Å². The molecule has 0 unspecified atom stereocenters. The van der Waals surface area contributed by atoms with Gasteiger partial charge in [0.15, 0.2) is 0 Å². The molecule has 0 aromatic heterocycles. The lowest BCUT2D eigenvalue weighted by atomic mass is 10.0. The number of amides is 1. The molecule has 2 rings (SSSR count). The van der Waals surface area contributed by atoms with E-state index in [0.717, 1.165) is 16.7 Å². The SMILES string of the molecule is COC(=O)c1ccc(C)c(NC(=O)c2cc(C)ccc2C)c1. The fourth-order valence-corrected chi connectivity index (χ4v) is 2.17. The lowest BCUT2D eigenvalue weighted by Crippen LogP contribution is -2.15. The van der Waals surface area contributed by atoms with E-state index >= 15 is 0 Å². The molecule has 0 aliphatic heterocycles. The van der Waals surface area contributed by atoms with E-state index in [-0.39, 0.29) is 5.91 Å². The van der Waals surface area contributed by atoms with Crippen molar-refractivity contribution in [3.05, 3.63) is 64.2 Å². The molecule has 4 nitrogen and oxygen atoms in total. The average Bonchev–Trinajstić information content (AvgIpc) is 2.50. The number of hydrogen-bond acceptors (Lipinski definition) is 3. The van der Waals surface area contributed by atoms with Crippen LogP contribution >= 0.6 is 0 Å². The second kappa shape index (κ2) is 6.43. The summed E-state index contributed by atoms with van der Waals surface area (Å²) in [5, 5.41) is 2.87. The summed E-state index contributed by atoms with van der Waals surface area (Å²) in [4.78, 5) is 24.1. The van der Waals surface area contributed by atoms with Gasteiger partial charge in [0.1, 0.15) is 0 Å². The molecule has 4 heteroatoms. The normalized spacial score (nSPS) is 10.2. The van der Waals surface area contributed by atoms with Crippen LogP contribution in [0.3, 0.4) is 0 Å². The number of hydrogen-bond donors (Lipinski definition) is 1. The maximum atomic E-state index is 12.5. The van der Waals surface area contributed by atoms with Crippen molar-refractivity contribution in [3.63, 3.8) is 0 Å². The summed E-state index contributed by atoms with van der Waals surface area (Å²) in [6.45, 7) is 5.71. The van der Waals surface area contributed by atoms with Crippen molar-refractivity contribution in [2.45, 2.75) is 20.8 Å². The zero-order valence-electron chi connectivity index (χ0n) is 13.2. The zero-order valence-corrected chi connectivity index (χ0v) is 13.2. The summed E-state index contributed by atoms with van der Waals surface area (Å²) >= 11 is 0. The molecule has 0 saturated carbocycles. The first-order chi connectivity index (χ1) is 10.4. The minimum Gasteiger partial charge on any atom is -0.465 e. The highest BCUT2D eigenvalue weighted by atomic mass is 16.5. The highest BCUT2D eigenvalue weighted by molar-refractivity contribution is 6.06. The molecule has 0 saturated heterocycles. The Morgan fingerprint density at radius 2 is 1.64 bits per heavy atom. The predicted octanol–water partition coefficient (Wildman–Crippen LogP) is 3.65. The molecule has 1 N–H and O–H groups in total. The smallest absolute Gasteiger partial charge is 0.337 e.